The third-order valence-electron chi connectivity index (χ3n) is 3.47. The second kappa shape index (κ2) is 6.42. The predicted octanol–water partition coefficient (Wildman–Crippen LogP) is 3.85. The van der Waals surface area contributed by atoms with Gasteiger partial charge in [0.05, 0.1) is 6.54 Å². The van der Waals surface area contributed by atoms with Crippen LogP contribution in [0.5, 0.6) is 0 Å². The van der Waals surface area contributed by atoms with Gasteiger partial charge in [-0.05, 0) is 19.0 Å². The molecule has 19 heavy (non-hydrogen) atoms. The number of rotatable bonds is 3. The molecule has 0 N–H and O–H groups in total. The van der Waals surface area contributed by atoms with Crippen molar-refractivity contribution < 1.29 is 4.79 Å². The van der Waals surface area contributed by atoms with Crippen molar-refractivity contribution in [1.82, 2.24) is 4.90 Å². The van der Waals surface area contributed by atoms with Gasteiger partial charge in [-0.2, -0.15) is 11.8 Å². The molecule has 0 unspecified atom stereocenters. The molecule has 4 heteroatoms. The number of hydrogen-bond donors (Lipinski definition) is 0. The van der Waals surface area contributed by atoms with Gasteiger partial charge >= 0.3 is 0 Å². The van der Waals surface area contributed by atoms with Crippen molar-refractivity contribution in [2.75, 3.05) is 25.4 Å². The van der Waals surface area contributed by atoms with E-state index in [1.807, 2.05) is 36.0 Å². The SMILES string of the molecule is CC1(C)CCN(CC(=O)c2ccccc2Br)CCS1. The molecule has 1 saturated heterocycles. The maximum absolute atomic E-state index is 12.3. The highest BCUT2D eigenvalue weighted by molar-refractivity contribution is 9.10. The summed E-state index contributed by atoms with van der Waals surface area (Å²) in [6.45, 7) is 7.12. The average molecular weight is 342 g/mol. The molecular weight excluding hydrogens is 322 g/mol. The summed E-state index contributed by atoms with van der Waals surface area (Å²) in [6.07, 6.45) is 1.14. The number of carbonyl (C=O) groups is 1. The lowest BCUT2D eigenvalue weighted by atomic mass is 10.1. The number of thioether (sulfide) groups is 1. The van der Waals surface area contributed by atoms with E-state index in [4.69, 9.17) is 0 Å². The molecule has 1 heterocycles. The molecule has 0 aliphatic carbocycles. The Morgan fingerprint density at radius 2 is 2.11 bits per heavy atom. The lowest BCUT2D eigenvalue weighted by molar-refractivity contribution is 0.0933. The Hall–Kier alpha value is -0.320. The van der Waals surface area contributed by atoms with Crippen LogP contribution in [0.1, 0.15) is 30.6 Å². The van der Waals surface area contributed by atoms with Crippen LogP contribution in [0.4, 0.5) is 0 Å². The van der Waals surface area contributed by atoms with Crippen molar-refractivity contribution in [2.24, 2.45) is 0 Å². The van der Waals surface area contributed by atoms with Crippen LogP contribution in [0.3, 0.4) is 0 Å². The van der Waals surface area contributed by atoms with E-state index >= 15 is 0 Å². The van der Waals surface area contributed by atoms with E-state index in [1.54, 1.807) is 0 Å². The summed E-state index contributed by atoms with van der Waals surface area (Å²) in [6, 6.07) is 7.67. The standard InChI is InChI=1S/C15H20BrNOS/c1-15(2)7-8-17(9-10-19-15)11-14(18)12-5-3-4-6-13(12)16/h3-6H,7-11H2,1-2H3. The first kappa shape index (κ1) is 15.1. The van der Waals surface area contributed by atoms with Gasteiger partial charge in [-0.25, -0.2) is 0 Å². The van der Waals surface area contributed by atoms with Gasteiger partial charge in [0.25, 0.3) is 0 Å². The van der Waals surface area contributed by atoms with Crippen LogP contribution in [-0.2, 0) is 0 Å². The number of hydrogen-bond acceptors (Lipinski definition) is 3. The molecule has 0 atom stereocenters. The lowest BCUT2D eigenvalue weighted by Crippen LogP contribution is -2.32. The molecule has 1 aliphatic rings. The van der Waals surface area contributed by atoms with Crippen molar-refractivity contribution in [3.63, 3.8) is 0 Å². The first-order valence-corrected chi connectivity index (χ1v) is 8.40. The van der Waals surface area contributed by atoms with Crippen molar-refractivity contribution in [2.45, 2.75) is 25.0 Å². The highest BCUT2D eigenvalue weighted by Crippen LogP contribution is 2.30. The monoisotopic (exact) mass is 341 g/mol. The van der Waals surface area contributed by atoms with Crippen molar-refractivity contribution in [3.8, 4) is 0 Å². The molecule has 0 bridgehead atoms. The van der Waals surface area contributed by atoms with Gasteiger partial charge in [0.15, 0.2) is 5.78 Å². The number of halogens is 1. The van der Waals surface area contributed by atoms with E-state index in [9.17, 15) is 4.79 Å². The topological polar surface area (TPSA) is 20.3 Å². The fourth-order valence-electron chi connectivity index (χ4n) is 2.20. The van der Waals surface area contributed by atoms with Gasteiger partial charge in [-0.15, -0.1) is 0 Å². The van der Waals surface area contributed by atoms with Crippen LogP contribution in [0.2, 0.25) is 0 Å². The molecule has 0 saturated carbocycles. The van der Waals surface area contributed by atoms with E-state index in [0.29, 0.717) is 11.3 Å². The molecular formula is C15H20BrNOS. The molecule has 0 amide bonds. The summed E-state index contributed by atoms with van der Waals surface area (Å²) in [5.41, 5.74) is 0.790. The Morgan fingerprint density at radius 1 is 1.37 bits per heavy atom. The minimum atomic E-state index is 0.206. The molecule has 0 aromatic heterocycles. The minimum Gasteiger partial charge on any atom is -0.295 e. The summed E-state index contributed by atoms with van der Waals surface area (Å²) < 4.78 is 1.23. The van der Waals surface area contributed by atoms with Gasteiger partial charge in [-0.3, -0.25) is 9.69 Å². The van der Waals surface area contributed by atoms with Gasteiger partial charge in [0.1, 0.15) is 0 Å². The number of carbonyl (C=O) groups excluding carboxylic acids is 1. The van der Waals surface area contributed by atoms with Gasteiger partial charge in [0.2, 0.25) is 0 Å². The first-order valence-electron chi connectivity index (χ1n) is 6.62. The molecule has 1 fully saturated rings. The van der Waals surface area contributed by atoms with Crippen molar-refractivity contribution in [3.05, 3.63) is 34.3 Å². The normalized spacial score (nSPS) is 19.9. The molecule has 2 nitrogen and oxygen atoms in total. The Bertz CT molecular complexity index is 461. The molecule has 0 spiro atoms. The van der Waals surface area contributed by atoms with E-state index in [-0.39, 0.29) is 5.78 Å². The summed E-state index contributed by atoms with van der Waals surface area (Å²) in [5.74, 6) is 1.31. The summed E-state index contributed by atoms with van der Waals surface area (Å²) in [7, 11) is 0. The van der Waals surface area contributed by atoms with E-state index in [0.717, 1.165) is 35.3 Å². The average Bonchev–Trinajstić information content (AvgIpc) is 2.51. The zero-order chi connectivity index (χ0) is 13.9. The van der Waals surface area contributed by atoms with Gasteiger partial charge < -0.3 is 0 Å². The van der Waals surface area contributed by atoms with Crippen LogP contribution in [0.25, 0.3) is 0 Å². The second-order valence-corrected chi connectivity index (χ2v) is 8.19. The molecule has 2 rings (SSSR count). The maximum atomic E-state index is 12.3. The summed E-state index contributed by atoms with van der Waals surface area (Å²) >= 11 is 5.46. The van der Waals surface area contributed by atoms with E-state index < -0.39 is 0 Å². The van der Waals surface area contributed by atoms with E-state index in [1.165, 1.54) is 0 Å². The van der Waals surface area contributed by atoms with Crippen molar-refractivity contribution >= 4 is 33.5 Å². The number of ketones is 1. The third kappa shape index (κ3) is 4.33. The molecule has 1 aromatic carbocycles. The summed E-state index contributed by atoms with van der Waals surface area (Å²) in [4.78, 5) is 14.6. The predicted molar refractivity (Wildman–Crippen MR) is 86.1 cm³/mol. The number of nitrogens with zero attached hydrogens (tertiary/aromatic N) is 1. The highest BCUT2D eigenvalue weighted by atomic mass is 79.9. The Kier molecular flexibility index (Phi) is 5.09. The molecule has 1 aliphatic heterocycles. The lowest BCUT2D eigenvalue weighted by Gasteiger charge is -2.22. The molecule has 1 aromatic rings. The minimum absolute atomic E-state index is 0.206. The van der Waals surface area contributed by atoms with Crippen LogP contribution < -0.4 is 0 Å². The quantitative estimate of drug-likeness (QED) is 0.779. The Morgan fingerprint density at radius 3 is 2.84 bits per heavy atom. The highest BCUT2D eigenvalue weighted by Gasteiger charge is 2.24. The molecule has 104 valence electrons. The number of benzene rings is 1. The van der Waals surface area contributed by atoms with Crippen molar-refractivity contribution in [1.29, 1.82) is 0 Å². The van der Waals surface area contributed by atoms with E-state index in [2.05, 4.69) is 34.7 Å². The zero-order valence-electron chi connectivity index (χ0n) is 11.5. The maximum Gasteiger partial charge on any atom is 0.177 e. The van der Waals surface area contributed by atoms with Crippen LogP contribution in [0, 0.1) is 0 Å². The third-order valence-corrected chi connectivity index (χ3v) is 5.54. The largest absolute Gasteiger partial charge is 0.295 e. The van der Waals surface area contributed by atoms with Crippen LogP contribution in [-0.4, -0.2) is 40.8 Å². The van der Waals surface area contributed by atoms with Gasteiger partial charge in [0, 0.05) is 27.1 Å². The summed E-state index contributed by atoms with van der Waals surface area (Å²) in [5, 5.41) is 0. The fourth-order valence-corrected chi connectivity index (χ4v) is 3.84. The van der Waals surface area contributed by atoms with Crippen LogP contribution >= 0.6 is 27.7 Å². The smallest absolute Gasteiger partial charge is 0.177 e. The zero-order valence-corrected chi connectivity index (χ0v) is 13.9. The Labute approximate surface area is 128 Å². The Balaban J connectivity index is 1.98. The number of Topliss-reactive ketones (excluding diaryl/α,β-unsaturated/α-hetero) is 1. The first-order chi connectivity index (χ1) is 8.98. The van der Waals surface area contributed by atoms with Crippen LogP contribution in [0.15, 0.2) is 28.7 Å². The fraction of sp³-hybridized carbons (Fsp3) is 0.533. The second-order valence-electron chi connectivity index (χ2n) is 5.54. The molecule has 0 radical (unpaired) electrons. The van der Waals surface area contributed by atoms with Gasteiger partial charge in [-0.1, -0.05) is 48.0 Å².